The van der Waals surface area contributed by atoms with Gasteiger partial charge < -0.3 is 19.4 Å². The molecule has 2 aromatic rings. The van der Waals surface area contributed by atoms with Gasteiger partial charge in [-0.05, 0) is 37.1 Å². The highest BCUT2D eigenvalue weighted by Crippen LogP contribution is 2.20. The van der Waals surface area contributed by atoms with Crippen molar-refractivity contribution in [3.05, 3.63) is 54.0 Å². The number of hydrogen-bond acceptors (Lipinski definition) is 7. The van der Waals surface area contributed by atoms with Crippen molar-refractivity contribution in [1.29, 1.82) is 0 Å². The highest BCUT2D eigenvalue weighted by Gasteiger charge is 2.34. The van der Waals surface area contributed by atoms with Crippen molar-refractivity contribution in [3.8, 4) is 0 Å². The van der Waals surface area contributed by atoms with Gasteiger partial charge in [0.15, 0.2) is 16.4 Å². The smallest absolute Gasteiger partial charge is 0.340 e. The second-order valence-corrected chi connectivity index (χ2v) is 9.43. The van der Waals surface area contributed by atoms with Crippen LogP contribution in [0.2, 0.25) is 0 Å². The fraction of sp³-hybridized carbons (Fsp3) is 0.429. The molecule has 0 saturated carbocycles. The number of rotatable bonds is 9. The molecule has 9 heteroatoms. The minimum Gasteiger partial charge on any atom is -0.467 e. The summed E-state index contributed by atoms with van der Waals surface area (Å²) in [6.07, 6.45) is 2.68. The predicted octanol–water partition coefficient (Wildman–Crippen LogP) is 2.47. The van der Waals surface area contributed by atoms with Crippen LogP contribution in [0.4, 0.5) is 5.69 Å². The summed E-state index contributed by atoms with van der Waals surface area (Å²) >= 11 is 0. The molecule has 2 heterocycles. The number of hydrogen-bond donors (Lipinski definition) is 1. The number of sulfone groups is 1. The van der Waals surface area contributed by atoms with Crippen LogP contribution < -0.4 is 5.32 Å². The van der Waals surface area contributed by atoms with Crippen LogP contribution in [-0.4, -0.2) is 55.9 Å². The SMILES string of the molecule is CCCN(C(=O)COC(=O)c1ccccc1NCc1ccco1)[C@@H]1CCS(=O)(=O)C1. The molecule has 1 aromatic carbocycles. The number of carbonyl (C=O) groups excluding carboxylic acids is 2. The summed E-state index contributed by atoms with van der Waals surface area (Å²) in [5.74, 6) is -0.240. The molecule has 8 nitrogen and oxygen atoms in total. The Hall–Kier alpha value is -2.81. The lowest BCUT2D eigenvalue weighted by atomic mass is 10.1. The maximum Gasteiger partial charge on any atom is 0.340 e. The van der Waals surface area contributed by atoms with Crippen molar-refractivity contribution < 1.29 is 27.2 Å². The van der Waals surface area contributed by atoms with Crippen LogP contribution in [0.25, 0.3) is 0 Å². The van der Waals surface area contributed by atoms with E-state index < -0.39 is 22.4 Å². The van der Waals surface area contributed by atoms with E-state index in [9.17, 15) is 18.0 Å². The summed E-state index contributed by atoms with van der Waals surface area (Å²) in [6, 6.07) is 10.1. The summed E-state index contributed by atoms with van der Waals surface area (Å²) in [7, 11) is -3.11. The third-order valence-electron chi connectivity index (χ3n) is 4.94. The zero-order valence-corrected chi connectivity index (χ0v) is 17.7. The fourth-order valence-corrected chi connectivity index (χ4v) is 5.20. The van der Waals surface area contributed by atoms with E-state index in [1.165, 1.54) is 4.90 Å². The fourth-order valence-electron chi connectivity index (χ4n) is 3.47. The number of nitrogens with zero attached hydrogens (tertiary/aromatic N) is 1. The average Bonchev–Trinajstić information content (AvgIpc) is 3.37. The van der Waals surface area contributed by atoms with E-state index in [1.807, 2.05) is 13.0 Å². The van der Waals surface area contributed by atoms with E-state index >= 15 is 0 Å². The summed E-state index contributed by atoms with van der Waals surface area (Å²) in [5.41, 5.74) is 0.876. The van der Waals surface area contributed by atoms with E-state index in [1.54, 1.807) is 36.6 Å². The third-order valence-corrected chi connectivity index (χ3v) is 6.69. The van der Waals surface area contributed by atoms with Gasteiger partial charge in [-0.3, -0.25) is 4.79 Å². The molecule has 1 aliphatic rings. The van der Waals surface area contributed by atoms with E-state index in [-0.39, 0.29) is 23.5 Å². The van der Waals surface area contributed by atoms with Crippen molar-refractivity contribution in [2.75, 3.05) is 30.0 Å². The van der Waals surface area contributed by atoms with Gasteiger partial charge in [-0.2, -0.15) is 0 Å². The quantitative estimate of drug-likeness (QED) is 0.604. The lowest BCUT2D eigenvalue weighted by Crippen LogP contribution is -2.43. The van der Waals surface area contributed by atoms with Gasteiger partial charge in [0.2, 0.25) is 0 Å². The Bertz CT molecular complexity index is 971. The van der Waals surface area contributed by atoms with Crippen LogP contribution in [0.5, 0.6) is 0 Å². The molecule has 0 spiro atoms. The summed E-state index contributed by atoms with van der Waals surface area (Å²) in [6.45, 7) is 2.31. The van der Waals surface area contributed by atoms with Crippen molar-refractivity contribution in [2.45, 2.75) is 32.4 Å². The maximum absolute atomic E-state index is 12.7. The minimum atomic E-state index is -3.11. The molecule has 0 bridgehead atoms. The van der Waals surface area contributed by atoms with Crippen LogP contribution in [0.15, 0.2) is 47.1 Å². The number of benzene rings is 1. The number of anilines is 1. The van der Waals surface area contributed by atoms with Crippen LogP contribution >= 0.6 is 0 Å². The molecule has 1 aliphatic heterocycles. The molecule has 1 aromatic heterocycles. The molecular formula is C21H26N2O6S. The standard InChI is InChI=1S/C21H26N2O6S/c1-2-10-23(16-9-12-30(26,27)15-16)20(24)14-29-21(25)18-7-3-4-8-19(18)22-13-17-6-5-11-28-17/h3-8,11,16,22H,2,9-10,12-15H2,1H3/t16-/m1/s1. The van der Waals surface area contributed by atoms with Crippen molar-refractivity contribution in [2.24, 2.45) is 0 Å². The van der Waals surface area contributed by atoms with Gasteiger partial charge in [-0.25, -0.2) is 13.2 Å². The molecule has 1 N–H and O–H groups in total. The first kappa shape index (κ1) is 21.9. The highest BCUT2D eigenvalue weighted by molar-refractivity contribution is 7.91. The van der Waals surface area contributed by atoms with E-state index in [0.717, 1.165) is 5.76 Å². The lowest BCUT2D eigenvalue weighted by molar-refractivity contribution is -0.136. The van der Waals surface area contributed by atoms with Crippen LogP contribution in [-0.2, 0) is 25.9 Å². The third kappa shape index (κ3) is 5.63. The molecule has 3 rings (SSSR count). The van der Waals surface area contributed by atoms with Gasteiger partial charge in [0.25, 0.3) is 5.91 Å². The van der Waals surface area contributed by atoms with E-state index in [2.05, 4.69) is 5.32 Å². The van der Waals surface area contributed by atoms with Crippen LogP contribution in [0.1, 0.15) is 35.9 Å². The lowest BCUT2D eigenvalue weighted by Gasteiger charge is -2.27. The maximum atomic E-state index is 12.7. The number of carbonyl (C=O) groups is 2. The molecular weight excluding hydrogens is 408 g/mol. The second-order valence-electron chi connectivity index (χ2n) is 7.20. The average molecular weight is 435 g/mol. The number of esters is 1. The van der Waals surface area contributed by atoms with Gasteiger partial charge in [-0.15, -0.1) is 0 Å². The van der Waals surface area contributed by atoms with Crippen molar-refractivity contribution >= 4 is 27.4 Å². The molecule has 30 heavy (non-hydrogen) atoms. The zero-order valence-electron chi connectivity index (χ0n) is 16.9. The first-order valence-electron chi connectivity index (χ1n) is 9.92. The Kier molecular flexibility index (Phi) is 7.15. The number of ether oxygens (including phenoxy) is 1. The second kappa shape index (κ2) is 9.80. The Labute approximate surface area is 176 Å². The van der Waals surface area contributed by atoms with E-state index in [4.69, 9.17) is 9.15 Å². The Morgan fingerprint density at radius 2 is 2.03 bits per heavy atom. The largest absolute Gasteiger partial charge is 0.467 e. The molecule has 1 atom stereocenters. The van der Waals surface area contributed by atoms with Gasteiger partial charge in [0.1, 0.15) is 5.76 Å². The minimum absolute atomic E-state index is 0.0355. The first-order valence-corrected chi connectivity index (χ1v) is 11.7. The number of nitrogens with one attached hydrogen (secondary N) is 1. The highest BCUT2D eigenvalue weighted by atomic mass is 32.2. The van der Waals surface area contributed by atoms with Crippen molar-refractivity contribution in [3.63, 3.8) is 0 Å². The number of para-hydroxylation sites is 1. The van der Waals surface area contributed by atoms with Gasteiger partial charge in [0, 0.05) is 18.3 Å². The topological polar surface area (TPSA) is 106 Å². The molecule has 0 aliphatic carbocycles. The molecule has 1 fully saturated rings. The monoisotopic (exact) mass is 434 g/mol. The summed E-state index contributed by atoms with van der Waals surface area (Å²) < 4.78 is 34.1. The number of amides is 1. The normalized spacial score (nSPS) is 17.4. The zero-order chi connectivity index (χ0) is 21.6. The molecule has 0 radical (unpaired) electrons. The van der Waals surface area contributed by atoms with E-state index in [0.29, 0.717) is 37.2 Å². The predicted molar refractivity (Wildman–Crippen MR) is 112 cm³/mol. The van der Waals surface area contributed by atoms with Crippen LogP contribution in [0, 0.1) is 0 Å². The molecule has 1 saturated heterocycles. The first-order chi connectivity index (χ1) is 14.4. The Morgan fingerprint density at radius 1 is 1.23 bits per heavy atom. The Morgan fingerprint density at radius 3 is 2.70 bits per heavy atom. The molecule has 162 valence electrons. The molecule has 0 unspecified atom stereocenters. The Balaban J connectivity index is 1.61. The van der Waals surface area contributed by atoms with Gasteiger partial charge >= 0.3 is 5.97 Å². The van der Waals surface area contributed by atoms with Crippen LogP contribution in [0.3, 0.4) is 0 Å². The molecule has 1 amide bonds. The van der Waals surface area contributed by atoms with Gasteiger partial charge in [0.05, 0.1) is 29.9 Å². The van der Waals surface area contributed by atoms with Gasteiger partial charge in [-0.1, -0.05) is 19.1 Å². The number of furan rings is 1. The summed E-state index contributed by atoms with van der Waals surface area (Å²) in [4.78, 5) is 26.8. The van der Waals surface area contributed by atoms with Crippen molar-refractivity contribution in [1.82, 2.24) is 4.90 Å². The summed E-state index contributed by atoms with van der Waals surface area (Å²) in [5, 5.41) is 3.12.